The van der Waals surface area contributed by atoms with Crippen LogP contribution in [-0.4, -0.2) is 28.3 Å². The molecule has 1 aromatic rings. The summed E-state index contributed by atoms with van der Waals surface area (Å²) in [6.07, 6.45) is 6.62. The van der Waals surface area contributed by atoms with Gasteiger partial charge in [0.1, 0.15) is 4.99 Å². The molecule has 0 spiro atoms. The van der Waals surface area contributed by atoms with Gasteiger partial charge in [0, 0.05) is 13.1 Å². The van der Waals surface area contributed by atoms with Crippen molar-refractivity contribution in [3.63, 3.8) is 0 Å². The van der Waals surface area contributed by atoms with Crippen LogP contribution in [0.5, 0.6) is 0 Å². The lowest BCUT2D eigenvalue weighted by atomic mass is 9.98. The Labute approximate surface area is 114 Å². The van der Waals surface area contributed by atoms with E-state index in [4.69, 9.17) is 18.0 Å². The van der Waals surface area contributed by atoms with Gasteiger partial charge in [-0.25, -0.2) is 0 Å². The van der Waals surface area contributed by atoms with Crippen molar-refractivity contribution in [2.75, 3.05) is 18.0 Å². The normalized spacial score (nSPS) is 20.5. The molecule has 1 saturated heterocycles. The zero-order chi connectivity index (χ0) is 13.0. The van der Waals surface area contributed by atoms with Crippen molar-refractivity contribution < 1.29 is 0 Å². The Morgan fingerprint density at radius 2 is 2.33 bits per heavy atom. The summed E-state index contributed by atoms with van der Waals surface area (Å²) in [5, 5.41) is 8.19. The molecule has 1 unspecified atom stereocenters. The molecule has 0 saturated carbocycles. The molecule has 0 bridgehead atoms. The van der Waals surface area contributed by atoms with Crippen molar-refractivity contribution in [3.8, 4) is 0 Å². The summed E-state index contributed by atoms with van der Waals surface area (Å²) in [7, 11) is 0. The van der Waals surface area contributed by atoms with E-state index in [0.717, 1.165) is 30.4 Å². The van der Waals surface area contributed by atoms with Gasteiger partial charge in [0.15, 0.2) is 5.82 Å². The molecule has 2 N–H and O–H groups in total. The average Bonchev–Trinajstić information content (AvgIpc) is 2.63. The van der Waals surface area contributed by atoms with E-state index in [0.29, 0.717) is 4.99 Å². The van der Waals surface area contributed by atoms with E-state index in [1.807, 2.05) is 6.07 Å². The fourth-order valence-corrected chi connectivity index (χ4v) is 2.69. The van der Waals surface area contributed by atoms with Crippen LogP contribution >= 0.6 is 12.2 Å². The minimum Gasteiger partial charge on any atom is -0.389 e. The molecule has 0 aliphatic carbocycles. The van der Waals surface area contributed by atoms with Crippen molar-refractivity contribution in [1.29, 1.82) is 0 Å². The molecule has 1 aliphatic heterocycles. The van der Waals surface area contributed by atoms with Gasteiger partial charge in [-0.3, -0.25) is 0 Å². The third kappa shape index (κ3) is 2.96. The second-order valence-electron chi connectivity index (χ2n) is 4.82. The van der Waals surface area contributed by atoms with E-state index in [1.165, 1.54) is 25.7 Å². The van der Waals surface area contributed by atoms with Gasteiger partial charge in [0.25, 0.3) is 0 Å². The molecule has 98 valence electrons. The highest BCUT2D eigenvalue weighted by molar-refractivity contribution is 7.80. The van der Waals surface area contributed by atoms with Crippen LogP contribution in [0.25, 0.3) is 0 Å². The highest BCUT2D eigenvalue weighted by atomic mass is 32.1. The van der Waals surface area contributed by atoms with E-state index in [1.54, 1.807) is 6.20 Å². The van der Waals surface area contributed by atoms with Gasteiger partial charge < -0.3 is 10.6 Å². The van der Waals surface area contributed by atoms with Crippen molar-refractivity contribution in [3.05, 3.63) is 17.8 Å². The summed E-state index contributed by atoms with van der Waals surface area (Å²) in [4.78, 5) is 2.67. The van der Waals surface area contributed by atoms with E-state index in [-0.39, 0.29) is 0 Å². The standard InChI is InChI=1S/C13H20N4S/c1-2-10-4-3-8-17(9-6-10)13-11(12(14)18)5-7-15-16-13/h5,7,10H,2-4,6,8-9H2,1H3,(H2,14,18). The Hall–Kier alpha value is -1.23. The average molecular weight is 264 g/mol. The summed E-state index contributed by atoms with van der Waals surface area (Å²) in [5.74, 6) is 1.68. The summed E-state index contributed by atoms with van der Waals surface area (Å²) in [5.41, 5.74) is 6.59. The highest BCUT2D eigenvalue weighted by Gasteiger charge is 2.19. The molecule has 5 heteroatoms. The molecule has 2 heterocycles. The molecule has 2 rings (SSSR count). The summed E-state index contributed by atoms with van der Waals surface area (Å²) in [6, 6.07) is 1.85. The third-order valence-corrected chi connectivity index (χ3v) is 3.91. The molecular weight excluding hydrogens is 244 g/mol. The first kappa shape index (κ1) is 13.2. The van der Waals surface area contributed by atoms with Crippen LogP contribution in [0.4, 0.5) is 5.82 Å². The van der Waals surface area contributed by atoms with Crippen molar-refractivity contribution in [1.82, 2.24) is 10.2 Å². The Bertz CT molecular complexity index is 421. The van der Waals surface area contributed by atoms with Crippen molar-refractivity contribution >= 4 is 23.0 Å². The maximum Gasteiger partial charge on any atom is 0.161 e. The minimum atomic E-state index is 0.399. The lowest BCUT2D eigenvalue weighted by Crippen LogP contribution is -2.28. The molecule has 1 aliphatic rings. The molecule has 1 fully saturated rings. The van der Waals surface area contributed by atoms with Crippen LogP contribution in [0.15, 0.2) is 12.3 Å². The SMILES string of the molecule is CCC1CCCN(c2nnccc2C(N)=S)CC1. The Morgan fingerprint density at radius 3 is 3.06 bits per heavy atom. The largest absolute Gasteiger partial charge is 0.389 e. The topological polar surface area (TPSA) is 55.0 Å². The number of nitrogens with two attached hydrogens (primary N) is 1. The molecule has 0 aromatic carbocycles. The van der Waals surface area contributed by atoms with Gasteiger partial charge in [-0.2, -0.15) is 5.10 Å². The monoisotopic (exact) mass is 264 g/mol. The fraction of sp³-hybridized carbons (Fsp3) is 0.615. The fourth-order valence-electron chi connectivity index (χ4n) is 2.54. The van der Waals surface area contributed by atoms with E-state index in [9.17, 15) is 0 Å². The first-order valence-corrected chi connectivity index (χ1v) is 6.99. The van der Waals surface area contributed by atoms with Gasteiger partial charge >= 0.3 is 0 Å². The molecule has 18 heavy (non-hydrogen) atoms. The zero-order valence-corrected chi connectivity index (χ0v) is 11.6. The number of aromatic nitrogens is 2. The van der Waals surface area contributed by atoms with Gasteiger partial charge in [0.2, 0.25) is 0 Å². The quantitative estimate of drug-likeness (QED) is 0.848. The highest BCUT2D eigenvalue weighted by Crippen LogP contribution is 2.24. The summed E-state index contributed by atoms with van der Waals surface area (Å²) in [6.45, 7) is 4.31. The smallest absolute Gasteiger partial charge is 0.161 e. The van der Waals surface area contributed by atoms with Crippen LogP contribution in [-0.2, 0) is 0 Å². The number of hydrogen-bond donors (Lipinski definition) is 1. The number of nitrogens with zero attached hydrogens (tertiary/aromatic N) is 3. The Kier molecular flexibility index (Phi) is 4.47. The van der Waals surface area contributed by atoms with Gasteiger partial charge in [-0.15, -0.1) is 5.10 Å². The van der Waals surface area contributed by atoms with Crippen LogP contribution in [0, 0.1) is 5.92 Å². The molecule has 0 radical (unpaired) electrons. The molecule has 4 nitrogen and oxygen atoms in total. The number of hydrogen-bond acceptors (Lipinski definition) is 4. The molecule has 1 aromatic heterocycles. The lowest BCUT2D eigenvalue weighted by molar-refractivity contribution is 0.459. The van der Waals surface area contributed by atoms with Gasteiger partial charge in [-0.05, 0) is 31.2 Å². The van der Waals surface area contributed by atoms with Crippen LogP contribution in [0.1, 0.15) is 38.2 Å². The Morgan fingerprint density at radius 1 is 1.50 bits per heavy atom. The predicted octanol–water partition coefficient (Wildman–Crippen LogP) is 2.13. The van der Waals surface area contributed by atoms with Crippen LogP contribution in [0.2, 0.25) is 0 Å². The first-order chi connectivity index (χ1) is 8.72. The van der Waals surface area contributed by atoms with Crippen LogP contribution < -0.4 is 10.6 Å². The number of anilines is 1. The maximum absolute atomic E-state index is 5.75. The second-order valence-corrected chi connectivity index (χ2v) is 5.26. The lowest BCUT2D eigenvalue weighted by Gasteiger charge is -2.23. The van der Waals surface area contributed by atoms with E-state index < -0.39 is 0 Å². The van der Waals surface area contributed by atoms with Gasteiger partial charge in [0.05, 0.1) is 11.8 Å². The predicted molar refractivity (Wildman–Crippen MR) is 77.8 cm³/mol. The molecular formula is C13H20N4S. The molecule has 0 amide bonds. The Balaban J connectivity index is 2.18. The van der Waals surface area contributed by atoms with Gasteiger partial charge in [-0.1, -0.05) is 25.6 Å². The molecule has 1 atom stereocenters. The summed E-state index contributed by atoms with van der Waals surface area (Å²) >= 11 is 5.08. The second kappa shape index (κ2) is 6.09. The van der Waals surface area contributed by atoms with Crippen LogP contribution in [0.3, 0.4) is 0 Å². The number of rotatable bonds is 3. The van der Waals surface area contributed by atoms with E-state index in [2.05, 4.69) is 22.0 Å². The zero-order valence-electron chi connectivity index (χ0n) is 10.8. The summed E-state index contributed by atoms with van der Waals surface area (Å²) < 4.78 is 0. The number of thiocarbonyl (C=S) groups is 1. The van der Waals surface area contributed by atoms with Crippen molar-refractivity contribution in [2.45, 2.75) is 32.6 Å². The first-order valence-electron chi connectivity index (χ1n) is 6.58. The third-order valence-electron chi connectivity index (χ3n) is 3.69. The minimum absolute atomic E-state index is 0.399. The van der Waals surface area contributed by atoms with Crippen molar-refractivity contribution in [2.24, 2.45) is 11.7 Å². The van der Waals surface area contributed by atoms with E-state index >= 15 is 0 Å². The maximum atomic E-state index is 5.75.